The standard InChI is InChI=1S/C17H33N7O2/c1-7-14-22-20-13-24(14)10-8-18-16(19-9-11-26-6)23(5)12-15(25)21-17(2,3)4/h13H,7-12H2,1-6H3,(H,18,19)(H,21,25). The molecule has 0 bridgehead atoms. The van der Waals surface area contributed by atoms with Gasteiger partial charge in [0.1, 0.15) is 12.2 Å². The largest absolute Gasteiger partial charge is 0.383 e. The van der Waals surface area contributed by atoms with Gasteiger partial charge in [-0.3, -0.25) is 9.79 Å². The van der Waals surface area contributed by atoms with Gasteiger partial charge in [-0.2, -0.15) is 0 Å². The SMILES string of the molecule is CCc1nncn1CCNC(=NCCOC)N(C)CC(=O)NC(C)(C)C. The van der Waals surface area contributed by atoms with Crippen LogP contribution in [0.2, 0.25) is 0 Å². The quantitative estimate of drug-likeness (QED) is 0.370. The fourth-order valence-corrected chi connectivity index (χ4v) is 2.33. The van der Waals surface area contributed by atoms with Gasteiger partial charge in [0.25, 0.3) is 0 Å². The Kier molecular flexibility index (Phi) is 9.04. The van der Waals surface area contributed by atoms with Crippen LogP contribution in [-0.2, 0) is 22.5 Å². The van der Waals surface area contributed by atoms with Crippen LogP contribution in [0.15, 0.2) is 11.3 Å². The first-order chi connectivity index (χ1) is 12.3. The number of carbonyl (C=O) groups is 1. The predicted molar refractivity (Wildman–Crippen MR) is 102 cm³/mol. The molecule has 1 aromatic heterocycles. The minimum absolute atomic E-state index is 0.0479. The fourth-order valence-electron chi connectivity index (χ4n) is 2.33. The zero-order chi connectivity index (χ0) is 19.6. The highest BCUT2D eigenvalue weighted by molar-refractivity contribution is 5.86. The number of amides is 1. The van der Waals surface area contributed by atoms with Crippen LogP contribution in [0.1, 0.15) is 33.5 Å². The highest BCUT2D eigenvalue weighted by Gasteiger charge is 2.17. The van der Waals surface area contributed by atoms with Crippen LogP contribution in [0.25, 0.3) is 0 Å². The molecule has 0 aliphatic rings. The van der Waals surface area contributed by atoms with Crippen molar-refractivity contribution in [2.24, 2.45) is 4.99 Å². The van der Waals surface area contributed by atoms with Gasteiger partial charge in [0.15, 0.2) is 5.96 Å². The molecule has 0 saturated carbocycles. The number of hydrogen-bond donors (Lipinski definition) is 2. The van der Waals surface area contributed by atoms with Crippen LogP contribution < -0.4 is 10.6 Å². The molecule has 1 aromatic rings. The van der Waals surface area contributed by atoms with Crippen LogP contribution in [-0.4, -0.2) is 77.5 Å². The molecular weight excluding hydrogens is 334 g/mol. The van der Waals surface area contributed by atoms with E-state index in [4.69, 9.17) is 4.74 Å². The molecule has 9 nitrogen and oxygen atoms in total. The number of aliphatic imine (C=N–C) groups is 1. The molecule has 1 heterocycles. The monoisotopic (exact) mass is 367 g/mol. The summed E-state index contributed by atoms with van der Waals surface area (Å²) in [5.74, 6) is 1.56. The van der Waals surface area contributed by atoms with Gasteiger partial charge in [0, 0.05) is 39.2 Å². The zero-order valence-corrected chi connectivity index (χ0v) is 16.9. The summed E-state index contributed by atoms with van der Waals surface area (Å²) in [6.45, 7) is 10.6. The summed E-state index contributed by atoms with van der Waals surface area (Å²) in [5.41, 5.74) is -0.260. The van der Waals surface area contributed by atoms with E-state index in [1.54, 1.807) is 13.4 Å². The van der Waals surface area contributed by atoms with Crippen molar-refractivity contribution >= 4 is 11.9 Å². The van der Waals surface area contributed by atoms with Crippen LogP contribution >= 0.6 is 0 Å². The molecule has 0 spiro atoms. The van der Waals surface area contributed by atoms with Crippen molar-refractivity contribution in [1.82, 2.24) is 30.3 Å². The van der Waals surface area contributed by atoms with Crippen molar-refractivity contribution in [3.63, 3.8) is 0 Å². The summed E-state index contributed by atoms with van der Waals surface area (Å²) < 4.78 is 7.07. The Bertz CT molecular complexity index is 578. The number of ether oxygens (including phenoxy) is 1. The normalized spacial score (nSPS) is 12.2. The average molecular weight is 367 g/mol. The highest BCUT2D eigenvalue weighted by Crippen LogP contribution is 1.99. The molecule has 1 rings (SSSR count). The molecule has 9 heteroatoms. The third-order valence-electron chi connectivity index (χ3n) is 3.46. The number of aryl methyl sites for hydroxylation is 1. The third-order valence-corrected chi connectivity index (χ3v) is 3.46. The summed E-state index contributed by atoms with van der Waals surface area (Å²) in [6.07, 6.45) is 2.56. The van der Waals surface area contributed by atoms with Gasteiger partial charge in [-0.1, -0.05) is 6.92 Å². The summed E-state index contributed by atoms with van der Waals surface area (Å²) in [4.78, 5) is 18.5. The summed E-state index contributed by atoms with van der Waals surface area (Å²) >= 11 is 0. The number of methoxy groups -OCH3 is 1. The van der Waals surface area contributed by atoms with Gasteiger partial charge in [0.05, 0.1) is 19.7 Å². The maximum atomic E-state index is 12.2. The van der Waals surface area contributed by atoms with E-state index in [0.29, 0.717) is 25.7 Å². The lowest BCUT2D eigenvalue weighted by Gasteiger charge is -2.25. The summed E-state index contributed by atoms with van der Waals surface area (Å²) in [5, 5.41) is 14.3. The van der Waals surface area contributed by atoms with E-state index in [2.05, 4.69) is 25.8 Å². The van der Waals surface area contributed by atoms with Crippen molar-refractivity contribution < 1.29 is 9.53 Å². The van der Waals surface area contributed by atoms with E-state index < -0.39 is 0 Å². The van der Waals surface area contributed by atoms with E-state index >= 15 is 0 Å². The highest BCUT2D eigenvalue weighted by atomic mass is 16.5. The van der Waals surface area contributed by atoms with Gasteiger partial charge in [0.2, 0.25) is 5.91 Å². The second-order valence-electron chi connectivity index (χ2n) is 7.07. The van der Waals surface area contributed by atoms with Crippen molar-refractivity contribution in [3.8, 4) is 0 Å². The first kappa shape index (κ1) is 21.9. The molecule has 0 aliphatic heterocycles. The van der Waals surface area contributed by atoms with Crippen molar-refractivity contribution in [2.45, 2.75) is 46.2 Å². The lowest BCUT2D eigenvalue weighted by Crippen LogP contribution is -2.49. The molecular formula is C17H33N7O2. The summed E-state index contributed by atoms with van der Waals surface area (Å²) in [7, 11) is 3.48. The number of likely N-dealkylation sites (N-methyl/N-ethyl adjacent to an activating group) is 1. The van der Waals surface area contributed by atoms with Crippen LogP contribution in [0, 0.1) is 0 Å². The van der Waals surface area contributed by atoms with Crippen molar-refractivity contribution in [1.29, 1.82) is 0 Å². The lowest BCUT2D eigenvalue weighted by atomic mass is 10.1. The van der Waals surface area contributed by atoms with Crippen LogP contribution in [0.5, 0.6) is 0 Å². The number of guanidine groups is 1. The number of carbonyl (C=O) groups excluding carboxylic acids is 1. The second-order valence-corrected chi connectivity index (χ2v) is 7.07. The van der Waals surface area contributed by atoms with Gasteiger partial charge in [-0.05, 0) is 20.8 Å². The van der Waals surface area contributed by atoms with E-state index in [0.717, 1.165) is 18.8 Å². The topological polar surface area (TPSA) is 96.7 Å². The van der Waals surface area contributed by atoms with E-state index in [1.165, 1.54) is 0 Å². The molecule has 26 heavy (non-hydrogen) atoms. The summed E-state index contributed by atoms with van der Waals surface area (Å²) in [6, 6.07) is 0. The third kappa shape index (κ3) is 8.28. The van der Waals surface area contributed by atoms with E-state index in [1.807, 2.05) is 44.2 Å². The molecule has 1 amide bonds. The first-order valence-electron chi connectivity index (χ1n) is 8.93. The Morgan fingerprint density at radius 2 is 2.15 bits per heavy atom. The lowest BCUT2D eigenvalue weighted by molar-refractivity contribution is -0.122. The van der Waals surface area contributed by atoms with Gasteiger partial charge < -0.3 is 24.8 Å². The smallest absolute Gasteiger partial charge is 0.240 e. The molecule has 0 saturated heterocycles. The number of nitrogens with one attached hydrogen (secondary N) is 2. The number of nitrogens with zero attached hydrogens (tertiary/aromatic N) is 5. The van der Waals surface area contributed by atoms with Crippen molar-refractivity contribution in [3.05, 3.63) is 12.2 Å². The van der Waals surface area contributed by atoms with Crippen LogP contribution in [0.4, 0.5) is 0 Å². The Labute approximate surface area is 156 Å². The Balaban J connectivity index is 2.62. The number of rotatable bonds is 9. The molecule has 0 aromatic carbocycles. The van der Waals surface area contributed by atoms with E-state index in [-0.39, 0.29) is 18.0 Å². The minimum Gasteiger partial charge on any atom is -0.383 e. The van der Waals surface area contributed by atoms with Crippen molar-refractivity contribution in [2.75, 3.05) is 40.4 Å². The molecule has 0 fully saturated rings. The Morgan fingerprint density at radius 1 is 1.42 bits per heavy atom. The second kappa shape index (κ2) is 10.7. The molecule has 148 valence electrons. The molecule has 0 unspecified atom stereocenters. The average Bonchev–Trinajstić information content (AvgIpc) is 2.99. The number of aromatic nitrogens is 3. The van der Waals surface area contributed by atoms with Gasteiger partial charge in [-0.25, -0.2) is 0 Å². The maximum absolute atomic E-state index is 12.2. The molecule has 0 aliphatic carbocycles. The number of hydrogen-bond acceptors (Lipinski definition) is 5. The maximum Gasteiger partial charge on any atom is 0.240 e. The zero-order valence-electron chi connectivity index (χ0n) is 16.9. The Morgan fingerprint density at radius 3 is 2.77 bits per heavy atom. The minimum atomic E-state index is -0.260. The predicted octanol–water partition coefficient (Wildman–Crippen LogP) is 0.279. The van der Waals surface area contributed by atoms with Gasteiger partial charge >= 0.3 is 0 Å². The molecule has 2 N–H and O–H groups in total. The fraction of sp³-hybridized carbons (Fsp3) is 0.765. The Hall–Kier alpha value is -2.16. The van der Waals surface area contributed by atoms with E-state index in [9.17, 15) is 4.79 Å². The molecule has 0 radical (unpaired) electrons. The first-order valence-corrected chi connectivity index (χ1v) is 8.93. The van der Waals surface area contributed by atoms with Crippen LogP contribution in [0.3, 0.4) is 0 Å². The van der Waals surface area contributed by atoms with Gasteiger partial charge in [-0.15, -0.1) is 10.2 Å². The molecule has 0 atom stereocenters.